The second-order valence-electron chi connectivity index (χ2n) is 3.63. The molecule has 3 nitrogen and oxygen atoms in total. The Bertz CT molecular complexity index is 232. The summed E-state index contributed by atoms with van der Waals surface area (Å²) in [5, 5.41) is 9.05. The molecule has 3 heteroatoms. The second kappa shape index (κ2) is 3.92. The van der Waals surface area contributed by atoms with Gasteiger partial charge in [-0.3, -0.25) is 4.79 Å². The maximum atomic E-state index is 11.5. The van der Waals surface area contributed by atoms with Crippen molar-refractivity contribution in [2.24, 2.45) is 5.41 Å². The summed E-state index contributed by atoms with van der Waals surface area (Å²) >= 11 is 0. The summed E-state index contributed by atoms with van der Waals surface area (Å²) in [7, 11) is 0. The first-order valence-electron chi connectivity index (χ1n) is 4.61. The second-order valence-corrected chi connectivity index (χ2v) is 3.63. The summed E-state index contributed by atoms with van der Waals surface area (Å²) in [4.78, 5) is 11.5. The largest absolute Gasteiger partial charge is 0.498 e. The number of ketones is 1. The molecule has 0 aromatic rings. The van der Waals surface area contributed by atoms with Gasteiger partial charge in [-0.2, -0.15) is 0 Å². The fourth-order valence-electron chi connectivity index (χ4n) is 1.37. The summed E-state index contributed by atoms with van der Waals surface area (Å²) in [6.07, 6.45) is 2.94. The van der Waals surface area contributed by atoms with Crippen LogP contribution in [0.15, 0.2) is 11.8 Å². The van der Waals surface area contributed by atoms with Crippen molar-refractivity contribution in [3.05, 3.63) is 11.8 Å². The first-order chi connectivity index (χ1) is 6.12. The van der Waals surface area contributed by atoms with Crippen molar-refractivity contribution in [3.63, 3.8) is 0 Å². The number of aliphatic hydroxyl groups excluding tert-OH is 1. The molecule has 74 valence electrons. The molecule has 0 bridgehead atoms. The van der Waals surface area contributed by atoms with E-state index in [1.165, 1.54) is 6.08 Å². The average Bonchev–Trinajstić information content (AvgIpc) is 2.12. The van der Waals surface area contributed by atoms with Gasteiger partial charge in [0, 0.05) is 12.5 Å². The van der Waals surface area contributed by atoms with E-state index in [1.54, 1.807) is 6.92 Å². The monoisotopic (exact) mass is 184 g/mol. The van der Waals surface area contributed by atoms with Crippen molar-refractivity contribution in [2.45, 2.75) is 26.7 Å². The van der Waals surface area contributed by atoms with Gasteiger partial charge in [-0.25, -0.2) is 0 Å². The number of hydrogen-bond donors (Lipinski definition) is 1. The number of ether oxygens (including phenoxy) is 1. The van der Waals surface area contributed by atoms with Gasteiger partial charge >= 0.3 is 0 Å². The molecule has 0 radical (unpaired) electrons. The molecule has 1 aliphatic rings. The lowest BCUT2D eigenvalue weighted by Gasteiger charge is -2.28. The van der Waals surface area contributed by atoms with Crippen LogP contribution in [0.25, 0.3) is 0 Å². The standard InChI is InChI=1S/C10H16O3/c1-3-13-8-4-5-10(2,7-11)9(12)6-8/h6,11H,3-5,7H2,1-2H3. The molecular weight excluding hydrogens is 168 g/mol. The molecule has 1 atom stereocenters. The van der Waals surface area contributed by atoms with E-state index in [4.69, 9.17) is 9.84 Å². The highest BCUT2D eigenvalue weighted by molar-refractivity contribution is 5.95. The molecule has 0 aromatic carbocycles. The highest BCUT2D eigenvalue weighted by Gasteiger charge is 2.34. The van der Waals surface area contributed by atoms with E-state index in [-0.39, 0.29) is 12.4 Å². The molecule has 1 unspecified atom stereocenters. The van der Waals surface area contributed by atoms with Crippen LogP contribution < -0.4 is 0 Å². The number of carbonyl (C=O) groups is 1. The summed E-state index contributed by atoms with van der Waals surface area (Å²) in [5.74, 6) is 0.725. The van der Waals surface area contributed by atoms with Crippen molar-refractivity contribution in [2.75, 3.05) is 13.2 Å². The molecule has 0 heterocycles. The summed E-state index contributed by atoms with van der Waals surface area (Å²) < 4.78 is 5.25. The van der Waals surface area contributed by atoms with Crippen LogP contribution in [0.4, 0.5) is 0 Å². The van der Waals surface area contributed by atoms with Crippen LogP contribution in [0.5, 0.6) is 0 Å². The summed E-state index contributed by atoms with van der Waals surface area (Å²) in [6.45, 7) is 4.19. The fourth-order valence-corrected chi connectivity index (χ4v) is 1.37. The number of aliphatic hydroxyl groups is 1. The van der Waals surface area contributed by atoms with Gasteiger partial charge in [-0.15, -0.1) is 0 Å². The first kappa shape index (κ1) is 10.3. The predicted molar refractivity (Wildman–Crippen MR) is 49.1 cm³/mol. The van der Waals surface area contributed by atoms with Crippen molar-refractivity contribution < 1.29 is 14.6 Å². The van der Waals surface area contributed by atoms with Crippen molar-refractivity contribution in [1.29, 1.82) is 0 Å². The smallest absolute Gasteiger partial charge is 0.167 e. The third-order valence-electron chi connectivity index (χ3n) is 2.49. The van der Waals surface area contributed by atoms with Gasteiger partial charge in [0.05, 0.1) is 24.4 Å². The van der Waals surface area contributed by atoms with Gasteiger partial charge < -0.3 is 9.84 Å². The van der Waals surface area contributed by atoms with Gasteiger partial charge in [-0.05, 0) is 13.3 Å². The molecular formula is C10H16O3. The number of carbonyl (C=O) groups excluding carboxylic acids is 1. The number of rotatable bonds is 3. The Hall–Kier alpha value is -0.830. The maximum absolute atomic E-state index is 11.5. The highest BCUT2D eigenvalue weighted by atomic mass is 16.5. The van der Waals surface area contributed by atoms with Gasteiger partial charge in [0.1, 0.15) is 0 Å². The van der Waals surface area contributed by atoms with E-state index in [0.29, 0.717) is 13.0 Å². The van der Waals surface area contributed by atoms with Crippen LogP contribution in [0, 0.1) is 5.41 Å². The third kappa shape index (κ3) is 2.10. The zero-order chi connectivity index (χ0) is 9.90. The van der Waals surface area contributed by atoms with E-state index >= 15 is 0 Å². The SMILES string of the molecule is CCOC1=CC(=O)C(C)(CO)CC1. The molecule has 0 aliphatic heterocycles. The quantitative estimate of drug-likeness (QED) is 0.718. The lowest BCUT2D eigenvalue weighted by atomic mass is 9.78. The Morgan fingerprint density at radius 2 is 2.38 bits per heavy atom. The maximum Gasteiger partial charge on any atom is 0.167 e. The Morgan fingerprint density at radius 3 is 2.85 bits per heavy atom. The van der Waals surface area contributed by atoms with Gasteiger partial charge in [0.2, 0.25) is 0 Å². The molecule has 1 aliphatic carbocycles. The first-order valence-corrected chi connectivity index (χ1v) is 4.61. The van der Waals surface area contributed by atoms with Gasteiger partial charge in [-0.1, -0.05) is 6.92 Å². The van der Waals surface area contributed by atoms with E-state index in [9.17, 15) is 4.79 Å². The minimum Gasteiger partial charge on any atom is -0.498 e. The third-order valence-corrected chi connectivity index (χ3v) is 2.49. The minimum atomic E-state index is -0.583. The minimum absolute atomic E-state index is 0.0234. The van der Waals surface area contributed by atoms with Gasteiger partial charge in [0.15, 0.2) is 5.78 Å². The van der Waals surface area contributed by atoms with Gasteiger partial charge in [0.25, 0.3) is 0 Å². The summed E-state index contributed by atoms with van der Waals surface area (Å²) in [6, 6.07) is 0. The fraction of sp³-hybridized carbons (Fsp3) is 0.700. The van der Waals surface area contributed by atoms with E-state index in [0.717, 1.165) is 12.2 Å². The molecule has 1 rings (SSSR count). The van der Waals surface area contributed by atoms with Crippen molar-refractivity contribution >= 4 is 5.78 Å². The van der Waals surface area contributed by atoms with E-state index in [1.807, 2.05) is 6.92 Å². The average molecular weight is 184 g/mol. The van der Waals surface area contributed by atoms with E-state index in [2.05, 4.69) is 0 Å². The molecule has 1 N–H and O–H groups in total. The Kier molecular flexibility index (Phi) is 3.09. The Balaban J connectivity index is 2.71. The Labute approximate surface area is 78.4 Å². The molecule has 0 saturated carbocycles. The molecule has 0 fully saturated rings. The summed E-state index contributed by atoms with van der Waals surface area (Å²) in [5.41, 5.74) is -0.583. The number of hydrogen-bond acceptors (Lipinski definition) is 3. The molecule has 0 aromatic heterocycles. The lowest BCUT2D eigenvalue weighted by Crippen LogP contribution is -2.33. The van der Waals surface area contributed by atoms with Crippen LogP contribution in [0.1, 0.15) is 26.7 Å². The topological polar surface area (TPSA) is 46.5 Å². The zero-order valence-electron chi connectivity index (χ0n) is 8.17. The van der Waals surface area contributed by atoms with Crippen molar-refractivity contribution in [1.82, 2.24) is 0 Å². The molecule has 0 spiro atoms. The molecule has 13 heavy (non-hydrogen) atoms. The van der Waals surface area contributed by atoms with E-state index < -0.39 is 5.41 Å². The number of allylic oxidation sites excluding steroid dienone is 2. The van der Waals surface area contributed by atoms with Crippen LogP contribution in [0.2, 0.25) is 0 Å². The molecule has 0 saturated heterocycles. The normalized spacial score (nSPS) is 28.5. The zero-order valence-corrected chi connectivity index (χ0v) is 8.17. The predicted octanol–water partition coefficient (Wildman–Crippen LogP) is 1.27. The van der Waals surface area contributed by atoms with Crippen LogP contribution in [-0.4, -0.2) is 24.1 Å². The van der Waals surface area contributed by atoms with Crippen molar-refractivity contribution in [3.8, 4) is 0 Å². The van der Waals surface area contributed by atoms with Crippen LogP contribution in [0.3, 0.4) is 0 Å². The Morgan fingerprint density at radius 1 is 1.69 bits per heavy atom. The highest BCUT2D eigenvalue weighted by Crippen LogP contribution is 2.31. The lowest BCUT2D eigenvalue weighted by molar-refractivity contribution is -0.126. The van der Waals surface area contributed by atoms with Crippen LogP contribution in [-0.2, 0) is 9.53 Å². The molecule has 0 amide bonds. The van der Waals surface area contributed by atoms with Crippen LogP contribution >= 0.6 is 0 Å².